The molecule has 0 aromatic heterocycles. The zero-order chi connectivity index (χ0) is 17.0. The Balaban J connectivity index is 1.78. The normalized spacial score (nSPS) is 23.5. The molecule has 1 aliphatic rings. The molecule has 0 unspecified atom stereocenters. The Morgan fingerprint density at radius 2 is 1.54 bits per heavy atom. The summed E-state index contributed by atoms with van der Waals surface area (Å²) in [5.41, 5.74) is 1.96. The molecule has 2 aromatic rings. The van der Waals surface area contributed by atoms with Crippen molar-refractivity contribution in [2.75, 3.05) is 0 Å². The number of benzene rings is 2. The quantitative estimate of drug-likeness (QED) is 0.860. The van der Waals surface area contributed by atoms with Gasteiger partial charge in [-0.05, 0) is 37.3 Å². The van der Waals surface area contributed by atoms with Gasteiger partial charge in [-0.1, -0.05) is 60.7 Å². The van der Waals surface area contributed by atoms with E-state index < -0.39 is 11.4 Å². The molecule has 0 bridgehead atoms. The molecule has 2 aromatic carbocycles. The lowest BCUT2D eigenvalue weighted by molar-refractivity contribution is -0.147. The Labute approximate surface area is 143 Å². The molecule has 0 radical (unpaired) electrons. The van der Waals surface area contributed by atoms with E-state index in [1.807, 2.05) is 19.1 Å². The lowest BCUT2D eigenvalue weighted by Crippen LogP contribution is -2.34. The van der Waals surface area contributed by atoms with Crippen molar-refractivity contribution in [1.29, 1.82) is 0 Å². The number of carboxylic acids is 1. The van der Waals surface area contributed by atoms with Crippen molar-refractivity contribution in [1.82, 2.24) is 4.90 Å². The first-order chi connectivity index (χ1) is 11.6. The Hall–Kier alpha value is -2.13. The second kappa shape index (κ2) is 7.18. The van der Waals surface area contributed by atoms with Crippen LogP contribution >= 0.6 is 0 Å². The highest BCUT2D eigenvalue weighted by Crippen LogP contribution is 2.41. The van der Waals surface area contributed by atoms with Crippen molar-refractivity contribution in [3.05, 3.63) is 71.8 Å². The number of hydrogen-bond donors (Lipinski definition) is 1. The van der Waals surface area contributed by atoms with E-state index in [0.29, 0.717) is 6.04 Å². The molecule has 1 N–H and O–H groups in total. The summed E-state index contributed by atoms with van der Waals surface area (Å²) < 4.78 is 0. The van der Waals surface area contributed by atoms with E-state index in [1.165, 1.54) is 11.1 Å². The van der Waals surface area contributed by atoms with E-state index in [2.05, 4.69) is 53.4 Å². The molecule has 1 saturated carbocycles. The average Bonchev–Trinajstić information content (AvgIpc) is 3.00. The van der Waals surface area contributed by atoms with E-state index in [-0.39, 0.29) is 0 Å². The summed E-state index contributed by atoms with van der Waals surface area (Å²) in [6.45, 7) is 3.60. The number of carbonyl (C=O) groups is 1. The predicted octanol–water partition coefficient (Wildman–Crippen LogP) is 4.33. The smallest absolute Gasteiger partial charge is 0.309 e. The monoisotopic (exact) mass is 323 g/mol. The van der Waals surface area contributed by atoms with Crippen LogP contribution in [0.3, 0.4) is 0 Å². The first-order valence-corrected chi connectivity index (χ1v) is 8.62. The number of hydrogen-bond acceptors (Lipinski definition) is 2. The molecule has 2 atom stereocenters. The van der Waals surface area contributed by atoms with Crippen LogP contribution in [0.5, 0.6) is 0 Å². The highest BCUT2D eigenvalue weighted by atomic mass is 16.4. The minimum atomic E-state index is -0.663. The summed E-state index contributed by atoms with van der Waals surface area (Å²) >= 11 is 0. The molecule has 0 heterocycles. The number of nitrogens with zero attached hydrogens (tertiary/aromatic N) is 1. The molecule has 0 amide bonds. The summed E-state index contributed by atoms with van der Waals surface area (Å²) in [6, 6.07) is 21.2. The van der Waals surface area contributed by atoms with Crippen molar-refractivity contribution in [2.24, 2.45) is 5.41 Å². The highest BCUT2D eigenvalue weighted by molar-refractivity contribution is 5.74. The molecule has 3 nitrogen and oxygen atoms in total. The van der Waals surface area contributed by atoms with Gasteiger partial charge in [-0.25, -0.2) is 0 Å². The summed E-state index contributed by atoms with van der Waals surface area (Å²) in [6.07, 6.45) is 2.43. The summed E-state index contributed by atoms with van der Waals surface area (Å²) in [4.78, 5) is 14.0. The van der Waals surface area contributed by atoms with Crippen molar-refractivity contribution < 1.29 is 9.90 Å². The molecule has 1 aliphatic carbocycles. The van der Waals surface area contributed by atoms with Crippen LogP contribution in [0.2, 0.25) is 0 Å². The van der Waals surface area contributed by atoms with Crippen LogP contribution in [-0.4, -0.2) is 22.0 Å². The largest absolute Gasteiger partial charge is 0.481 e. The Morgan fingerprint density at radius 1 is 1.04 bits per heavy atom. The van der Waals surface area contributed by atoms with Crippen LogP contribution in [0.1, 0.15) is 37.3 Å². The minimum Gasteiger partial charge on any atom is -0.481 e. The molecule has 3 heteroatoms. The number of rotatable bonds is 6. The maximum absolute atomic E-state index is 11.6. The SMILES string of the molecule is C[C@]1(C(=O)O)CC[C@H](N(Cc2ccccc2)Cc2ccccc2)C1. The Kier molecular flexibility index (Phi) is 5.00. The van der Waals surface area contributed by atoms with E-state index in [1.54, 1.807) is 0 Å². The van der Waals surface area contributed by atoms with Gasteiger partial charge < -0.3 is 5.11 Å². The van der Waals surface area contributed by atoms with Crippen molar-refractivity contribution in [2.45, 2.75) is 45.3 Å². The second-order valence-electron chi connectivity index (χ2n) is 7.14. The van der Waals surface area contributed by atoms with Crippen molar-refractivity contribution in [3.63, 3.8) is 0 Å². The fraction of sp³-hybridized carbons (Fsp3) is 0.381. The third-order valence-corrected chi connectivity index (χ3v) is 5.21. The standard InChI is InChI=1S/C21H25NO2/c1-21(20(23)24)13-12-19(14-21)22(15-17-8-4-2-5-9-17)16-18-10-6-3-7-11-18/h2-11,19H,12-16H2,1H3,(H,23,24)/t19-,21-/m0/s1. The zero-order valence-electron chi connectivity index (χ0n) is 14.2. The van der Waals surface area contributed by atoms with Crippen LogP contribution in [0, 0.1) is 5.41 Å². The van der Waals surface area contributed by atoms with Gasteiger partial charge in [-0.15, -0.1) is 0 Å². The topological polar surface area (TPSA) is 40.5 Å². The van der Waals surface area contributed by atoms with Crippen LogP contribution in [0.25, 0.3) is 0 Å². The van der Waals surface area contributed by atoms with Gasteiger partial charge in [-0.2, -0.15) is 0 Å². The van der Waals surface area contributed by atoms with Gasteiger partial charge in [0.15, 0.2) is 0 Å². The minimum absolute atomic E-state index is 0.312. The van der Waals surface area contributed by atoms with Gasteiger partial charge in [0.2, 0.25) is 0 Å². The van der Waals surface area contributed by atoms with Crippen LogP contribution in [0.15, 0.2) is 60.7 Å². The summed E-state index contributed by atoms with van der Waals surface area (Å²) in [7, 11) is 0. The van der Waals surface area contributed by atoms with Crippen LogP contribution < -0.4 is 0 Å². The molecule has 0 aliphatic heterocycles. The molecule has 0 saturated heterocycles. The third kappa shape index (κ3) is 3.85. The maximum atomic E-state index is 11.6. The van der Waals surface area contributed by atoms with Gasteiger partial charge in [0.1, 0.15) is 0 Å². The molecule has 3 rings (SSSR count). The van der Waals surface area contributed by atoms with Gasteiger partial charge in [-0.3, -0.25) is 9.69 Å². The molecule has 1 fully saturated rings. The van der Waals surface area contributed by atoms with Crippen LogP contribution in [0.4, 0.5) is 0 Å². The average molecular weight is 323 g/mol. The van der Waals surface area contributed by atoms with E-state index in [9.17, 15) is 9.90 Å². The highest BCUT2D eigenvalue weighted by Gasteiger charge is 2.43. The van der Waals surface area contributed by atoms with Gasteiger partial charge in [0.05, 0.1) is 5.41 Å². The molecule has 126 valence electrons. The first-order valence-electron chi connectivity index (χ1n) is 8.62. The molecular weight excluding hydrogens is 298 g/mol. The second-order valence-corrected chi connectivity index (χ2v) is 7.14. The van der Waals surface area contributed by atoms with E-state index in [4.69, 9.17) is 0 Å². The molecular formula is C21H25NO2. The Morgan fingerprint density at radius 3 is 1.96 bits per heavy atom. The van der Waals surface area contributed by atoms with Gasteiger partial charge >= 0.3 is 5.97 Å². The lowest BCUT2D eigenvalue weighted by Gasteiger charge is -2.30. The maximum Gasteiger partial charge on any atom is 0.309 e. The lowest BCUT2D eigenvalue weighted by atomic mass is 9.89. The third-order valence-electron chi connectivity index (χ3n) is 5.21. The predicted molar refractivity (Wildman–Crippen MR) is 95.5 cm³/mol. The summed E-state index contributed by atoms with van der Waals surface area (Å²) in [5.74, 6) is -0.663. The first kappa shape index (κ1) is 16.7. The van der Waals surface area contributed by atoms with Gasteiger partial charge in [0, 0.05) is 19.1 Å². The fourth-order valence-corrected chi connectivity index (χ4v) is 3.67. The van der Waals surface area contributed by atoms with Gasteiger partial charge in [0.25, 0.3) is 0 Å². The number of carboxylic acid groups (broad SMARTS) is 1. The summed E-state index contributed by atoms with van der Waals surface area (Å²) in [5, 5.41) is 9.53. The van der Waals surface area contributed by atoms with Crippen molar-refractivity contribution >= 4 is 5.97 Å². The molecule has 0 spiro atoms. The van der Waals surface area contributed by atoms with Crippen molar-refractivity contribution in [3.8, 4) is 0 Å². The van der Waals surface area contributed by atoms with Crippen LogP contribution in [-0.2, 0) is 17.9 Å². The Bertz CT molecular complexity index is 629. The van der Waals surface area contributed by atoms with E-state index in [0.717, 1.165) is 32.4 Å². The molecule has 24 heavy (non-hydrogen) atoms. The number of aliphatic carboxylic acids is 1. The zero-order valence-corrected chi connectivity index (χ0v) is 14.2. The fourth-order valence-electron chi connectivity index (χ4n) is 3.67. The van der Waals surface area contributed by atoms with E-state index >= 15 is 0 Å².